The fourth-order valence-electron chi connectivity index (χ4n) is 3.36. The number of hydrogen-bond acceptors (Lipinski definition) is 5. The van der Waals surface area contributed by atoms with Crippen LogP contribution in [0.25, 0.3) is 5.69 Å². The fourth-order valence-corrected chi connectivity index (χ4v) is 3.71. The van der Waals surface area contributed by atoms with Crippen molar-refractivity contribution in [3.8, 4) is 5.69 Å². The molecule has 32 heavy (non-hydrogen) atoms. The monoisotopic (exact) mass is 467 g/mol. The molecular formula is C23H17Cl2N4O3. The summed E-state index contributed by atoms with van der Waals surface area (Å²) in [5, 5.41) is 15.5. The second-order valence-corrected chi connectivity index (χ2v) is 7.95. The first-order valence-corrected chi connectivity index (χ1v) is 10.3. The minimum Gasteiger partial charge on any atom is -0.384 e. The number of pyridine rings is 1. The first kappa shape index (κ1) is 22.0. The maximum absolute atomic E-state index is 12.0. The maximum atomic E-state index is 12.0. The Balaban J connectivity index is 1.68. The van der Waals surface area contributed by atoms with Gasteiger partial charge in [-0.15, -0.1) is 0 Å². The third-order valence-electron chi connectivity index (χ3n) is 4.94. The molecule has 0 saturated heterocycles. The van der Waals surface area contributed by atoms with E-state index < -0.39 is 17.4 Å². The van der Waals surface area contributed by atoms with Gasteiger partial charge in [0.2, 0.25) is 0 Å². The van der Waals surface area contributed by atoms with E-state index >= 15 is 0 Å². The molecule has 4 rings (SSSR count). The van der Waals surface area contributed by atoms with Crippen LogP contribution in [-0.2, 0) is 6.42 Å². The Hall–Kier alpha value is -3.26. The first-order chi connectivity index (χ1) is 15.3. The zero-order valence-corrected chi connectivity index (χ0v) is 18.1. The molecule has 0 saturated carbocycles. The molecule has 0 bridgehead atoms. The highest BCUT2D eigenvalue weighted by Gasteiger charge is 2.17. The first-order valence-electron chi connectivity index (χ1n) is 9.53. The second-order valence-electron chi connectivity index (χ2n) is 7.15. The zero-order valence-electron chi connectivity index (χ0n) is 16.6. The van der Waals surface area contributed by atoms with Crippen molar-refractivity contribution in [3.05, 3.63) is 127 Å². The van der Waals surface area contributed by atoms with Crippen molar-refractivity contribution in [1.82, 2.24) is 19.7 Å². The van der Waals surface area contributed by atoms with Gasteiger partial charge in [0.05, 0.1) is 5.69 Å². The molecule has 0 aliphatic heterocycles. The predicted octanol–water partition coefficient (Wildman–Crippen LogP) is 3.48. The average Bonchev–Trinajstić information content (AvgIpc) is 2.75. The number of hydrogen-bond donors (Lipinski definition) is 2. The highest BCUT2D eigenvalue weighted by molar-refractivity contribution is 6.31. The molecule has 0 aliphatic rings. The van der Waals surface area contributed by atoms with Gasteiger partial charge in [-0.3, -0.25) is 9.78 Å². The molecule has 1 atom stereocenters. The number of aliphatic hydroxyl groups excluding tert-OH is 1. The van der Waals surface area contributed by atoms with Gasteiger partial charge < -0.3 is 5.11 Å². The van der Waals surface area contributed by atoms with Crippen molar-refractivity contribution in [2.24, 2.45) is 0 Å². The van der Waals surface area contributed by atoms with E-state index in [1.807, 2.05) is 18.2 Å². The number of halogens is 2. The molecule has 0 amide bonds. The van der Waals surface area contributed by atoms with Gasteiger partial charge in [-0.2, -0.15) is 9.78 Å². The van der Waals surface area contributed by atoms with Gasteiger partial charge in [-0.25, -0.2) is 9.78 Å². The molecule has 2 heterocycles. The lowest BCUT2D eigenvalue weighted by Gasteiger charge is -2.17. The fraction of sp³-hybridized carbons (Fsp3) is 0.0870. The lowest BCUT2D eigenvalue weighted by Crippen LogP contribution is -2.30. The Labute approximate surface area is 192 Å². The summed E-state index contributed by atoms with van der Waals surface area (Å²) in [5.41, 5.74) is 2.89. The number of aromatic amines is 1. The number of aromatic nitrogens is 4. The minimum atomic E-state index is -0.905. The summed E-state index contributed by atoms with van der Waals surface area (Å²) in [6.07, 6.45) is 2.06. The van der Waals surface area contributed by atoms with E-state index in [9.17, 15) is 14.7 Å². The zero-order chi connectivity index (χ0) is 22.8. The van der Waals surface area contributed by atoms with Crippen LogP contribution >= 0.6 is 23.2 Å². The number of aliphatic hydroxyl groups is 1. The smallest absolute Gasteiger partial charge is 0.349 e. The van der Waals surface area contributed by atoms with Crippen LogP contribution in [0, 0.1) is 6.92 Å². The normalized spacial score (nSPS) is 12.0. The third kappa shape index (κ3) is 4.65. The summed E-state index contributed by atoms with van der Waals surface area (Å²) >= 11 is 12.4. The molecular weight excluding hydrogens is 451 g/mol. The summed E-state index contributed by atoms with van der Waals surface area (Å²) in [6, 6.07) is 13.9. The van der Waals surface area contributed by atoms with Crippen LogP contribution in [0.15, 0.2) is 70.5 Å². The van der Waals surface area contributed by atoms with Crippen LogP contribution in [0.4, 0.5) is 0 Å². The SMILES string of the molecule is [CH2]c1ccc(C(O)c2ccc(Cl)nc2)c(Cc2ccc(-n3ncc(=O)[nH]c3=O)cc2Cl)c1. The molecule has 1 unspecified atom stereocenters. The third-order valence-corrected chi connectivity index (χ3v) is 5.52. The average molecular weight is 468 g/mol. The van der Waals surface area contributed by atoms with E-state index in [0.29, 0.717) is 33.4 Å². The quantitative estimate of drug-likeness (QED) is 0.437. The maximum Gasteiger partial charge on any atom is 0.349 e. The van der Waals surface area contributed by atoms with Gasteiger partial charge in [-0.05, 0) is 53.8 Å². The Morgan fingerprint density at radius 1 is 1.03 bits per heavy atom. The van der Waals surface area contributed by atoms with E-state index in [1.165, 1.54) is 6.20 Å². The molecule has 161 valence electrons. The molecule has 2 N–H and O–H groups in total. The van der Waals surface area contributed by atoms with E-state index in [4.69, 9.17) is 23.2 Å². The summed E-state index contributed by atoms with van der Waals surface area (Å²) in [7, 11) is 0. The standard InChI is InChI=1S/C23H17Cl2N4O3/c1-13-2-6-18(22(31)15-4-7-20(25)26-11-15)16(8-13)9-14-3-5-17(10-19(14)24)29-23(32)28-21(30)12-27-29/h2-8,10-12,22,31H,1,9H2,(H,28,30,32). The van der Waals surface area contributed by atoms with Crippen LogP contribution < -0.4 is 11.2 Å². The molecule has 4 aromatic rings. The van der Waals surface area contributed by atoms with Crippen molar-refractivity contribution in [3.63, 3.8) is 0 Å². The molecule has 9 heteroatoms. The van der Waals surface area contributed by atoms with Gasteiger partial charge in [0.1, 0.15) is 17.5 Å². The lowest BCUT2D eigenvalue weighted by atomic mass is 9.92. The van der Waals surface area contributed by atoms with Crippen molar-refractivity contribution in [1.29, 1.82) is 0 Å². The molecule has 0 aliphatic carbocycles. The lowest BCUT2D eigenvalue weighted by molar-refractivity contribution is 0.219. The van der Waals surface area contributed by atoms with Gasteiger partial charge in [-0.1, -0.05) is 53.5 Å². The highest BCUT2D eigenvalue weighted by Crippen LogP contribution is 2.30. The van der Waals surface area contributed by atoms with Crippen LogP contribution in [0.2, 0.25) is 10.2 Å². The van der Waals surface area contributed by atoms with E-state index in [0.717, 1.165) is 27.6 Å². The minimum absolute atomic E-state index is 0.345. The number of nitrogens with zero attached hydrogens (tertiary/aromatic N) is 3. The number of benzene rings is 2. The van der Waals surface area contributed by atoms with Gasteiger partial charge >= 0.3 is 5.69 Å². The second kappa shape index (κ2) is 9.08. The largest absolute Gasteiger partial charge is 0.384 e. The van der Waals surface area contributed by atoms with Crippen molar-refractivity contribution < 1.29 is 5.11 Å². The van der Waals surface area contributed by atoms with Crippen LogP contribution in [0.3, 0.4) is 0 Å². The summed E-state index contributed by atoms with van der Waals surface area (Å²) in [6.45, 7) is 3.98. The molecule has 0 spiro atoms. The Morgan fingerprint density at radius 2 is 1.84 bits per heavy atom. The summed E-state index contributed by atoms with van der Waals surface area (Å²) < 4.78 is 1.05. The number of rotatable bonds is 5. The van der Waals surface area contributed by atoms with Crippen molar-refractivity contribution >= 4 is 23.2 Å². The van der Waals surface area contributed by atoms with Crippen molar-refractivity contribution in [2.75, 3.05) is 0 Å². The van der Waals surface area contributed by atoms with Crippen LogP contribution in [0.5, 0.6) is 0 Å². The summed E-state index contributed by atoms with van der Waals surface area (Å²) in [4.78, 5) is 29.4. The number of nitrogens with one attached hydrogen (secondary N) is 1. The van der Waals surface area contributed by atoms with Gasteiger partial charge in [0.25, 0.3) is 5.56 Å². The Morgan fingerprint density at radius 3 is 2.53 bits per heavy atom. The molecule has 2 aromatic heterocycles. The Bertz CT molecular complexity index is 1400. The highest BCUT2D eigenvalue weighted by atomic mass is 35.5. The van der Waals surface area contributed by atoms with Crippen molar-refractivity contribution in [2.45, 2.75) is 12.5 Å². The van der Waals surface area contributed by atoms with E-state index in [1.54, 1.807) is 30.3 Å². The summed E-state index contributed by atoms with van der Waals surface area (Å²) in [5.74, 6) is 0. The van der Waals surface area contributed by atoms with E-state index in [-0.39, 0.29) is 0 Å². The van der Waals surface area contributed by atoms with Gasteiger partial charge in [0, 0.05) is 16.8 Å². The molecule has 1 radical (unpaired) electrons. The molecule has 2 aromatic carbocycles. The molecule has 7 nitrogen and oxygen atoms in total. The predicted molar refractivity (Wildman–Crippen MR) is 122 cm³/mol. The Kier molecular flexibility index (Phi) is 6.23. The van der Waals surface area contributed by atoms with Gasteiger partial charge in [0.15, 0.2) is 0 Å². The van der Waals surface area contributed by atoms with E-state index in [2.05, 4.69) is 22.0 Å². The van der Waals surface area contributed by atoms with Crippen LogP contribution in [0.1, 0.15) is 33.9 Å². The number of H-pyrrole nitrogens is 1. The molecule has 0 fully saturated rings. The topological polar surface area (TPSA) is 101 Å². The van der Waals surface area contributed by atoms with Crippen LogP contribution in [-0.4, -0.2) is 24.9 Å².